The summed E-state index contributed by atoms with van der Waals surface area (Å²) in [7, 11) is 1.35. The number of carbonyl (C=O) groups excluding carboxylic acids is 1. The SMILES string of the molecule is COC(=O)c1nnn(CCC(C)O)c1C1CCNCC1. The highest BCUT2D eigenvalue weighted by atomic mass is 16.5. The highest BCUT2D eigenvalue weighted by molar-refractivity contribution is 5.88. The molecule has 20 heavy (non-hydrogen) atoms. The van der Waals surface area contributed by atoms with Gasteiger partial charge in [-0.15, -0.1) is 5.10 Å². The molecule has 0 radical (unpaired) electrons. The van der Waals surface area contributed by atoms with Gasteiger partial charge in [-0.3, -0.25) is 0 Å². The van der Waals surface area contributed by atoms with Crippen LogP contribution in [0.2, 0.25) is 0 Å². The van der Waals surface area contributed by atoms with Crippen molar-refractivity contribution in [1.29, 1.82) is 0 Å². The summed E-state index contributed by atoms with van der Waals surface area (Å²) in [5.74, 6) is -0.184. The van der Waals surface area contributed by atoms with E-state index >= 15 is 0 Å². The van der Waals surface area contributed by atoms with Crippen LogP contribution in [0.3, 0.4) is 0 Å². The molecule has 0 bridgehead atoms. The smallest absolute Gasteiger partial charge is 0.360 e. The molecule has 112 valence electrons. The lowest BCUT2D eigenvalue weighted by Crippen LogP contribution is -2.29. The van der Waals surface area contributed by atoms with Crippen LogP contribution < -0.4 is 5.32 Å². The number of aliphatic hydroxyl groups excluding tert-OH is 1. The number of esters is 1. The van der Waals surface area contributed by atoms with Crippen LogP contribution in [0.15, 0.2) is 0 Å². The standard InChI is InChI=1S/C13H22N4O3/c1-9(18)5-8-17-12(10-3-6-14-7-4-10)11(15-16-17)13(19)20-2/h9-10,14,18H,3-8H2,1-2H3. The molecule has 1 saturated heterocycles. The number of aromatic nitrogens is 3. The van der Waals surface area contributed by atoms with Crippen LogP contribution in [0.4, 0.5) is 0 Å². The molecule has 0 aliphatic carbocycles. The Morgan fingerprint density at radius 2 is 2.25 bits per heavy atom. The molecule has 2 heterocycles. The lowest BCUT2D eigenvalue weighted by atomic mass is 9.93. The number of hydrogen-bond acceptors (Lipinski definition) is 6. The summed E-state index contributed by atoms with van der Waals surface area (Å²) in [4.78, 5) is 11.8. The van der Waals surface area contributed by atoms with Crippen molar-refractivity contribution in [2.75, 3.05) is 20.2 Å². The van der Waals surface area contributed by atoms with Crippen molar-refractivity contribution in [3.05, 3.63) is 11.4 Å². The minimum absolute atomic E-state index is 0.259. The van der Waals surface area contributed by atoms with Crippen LogP contribution in [-0.2, 0) is 11.3 Å². The Morgan fingerprint density at radius 1 is 1.55 bits per heavy atom. The summed E-state index contributed by atoms with van der Waals surface area (Å²) in [6.07, 6.45) is 2.08. The third-order valence-corrected chi connectivity index (χ3v) is 3.64. The van der Waals surface area contributed by atoms with Gasteiger partial charge in [0.1, 0.15) is 0 Å². The Hall–Kier alpha value is -1.47. The fourth-order valence-electron chi connectivity index (χ4n) is 2.54. The van der Waals surface area contributed by atoms with E-state index in [1.54, 1.807) is 11.6 Å². The van der Waals surface area contributed by atoms with E-state index in [2.05, 4.69) is 15.6 Å². The molecule has 0 spiro atoms. The molecule has 2 N–H and O–H groups in total. The average molecular weight is 282 g/mol. The monoisotopic (exact) mass is 282 g/mol. The van der Waals surface area contributed by atoms with E-state index in [0.717, 1.165) is 31.6 Å². The number of carbonyl (C=O) groups is 1. The average Bonchev–Trinajstić information content (AvgIpc) is 2.89. The number of aliphatic hydroxyl groups is 1. The molecule has 1 atom stereocenters. The molecule has 1 fully saturated rings. The number of methoxy groups -OCH3 is 1. The Kier molecular flexibility index (Phi) is 5.08. The highest BCUT2D eigenvalue weighted by Crippen LogP contribution is 2.27. The number of hydrogen-bond donors (Lipinski definition) is 2. The molecule has 1 aliphatic rings. The van der Waals surface area contributed by atoms with E-state index in [1.165, 1.54) is 7.11 Å². The Labute approximate surface area is 118 Å². The Morgan fingerprint density at radius 3 is 2.85 bits per heavy atom. The molecular weight excluding hydrogens is 260 g/mol. The maximum absolute atomic E-state index is 11.8. The van der Waals surface area contributed by atoms with Gasteiger partial charge in [-0.2, -0.15) is 0 Å². The predicted octanol–water partition coefficient (Wildman–Crippen LogP) is 0.303. The van der Waals surface area contributed by atoms with Gasteiger partial charge >= 0.3 is 5.97 Å². The largest absolute Gasteiger partial charge is 0.464 e. The van der Waals surface area contributed by atoms with Gasteiger partial charge in [-0.1, -0.05) is 5.21 Å². The summed E-state index contributed by atoms with van der Waals surface area (Å²) in [6.45, 7) is 4.14. The molecule has 0 saturated carbocycles. The molecule has 2 rings (SSSR count). The molecule has 1 unspecified atom stereocenters. The lowest BCUT2D eigenvalue weighted by molar-refractivity contribution is 0.0591. The van der Waals surface area contributed by atoms with Crippen LogP contribution in [0.5, 0.6) is 0 Å². The van der Waals surface area contributed by atoms with Crippen LogP contribution in [0.25, 0.3) is 0 Å². The van der Waals surface area contributed by atoms with Crippen molar-refractivity contribution in [3.8, 4) is 0 Å². The molecule has 0 aromatic carbocycles. The molecule has 7 nitrogen and oxygen atoms in total. The second-order valence-electron chi connectivity index (χ2n) is 5.20. The number of nitrogens with zero attached hydrogens (tertiary/aromatic N) is 3. The van der Waals surface area contributed by atoms with Gasteiger partial charge in [0, 0.05) is 12.5 Å². The normalized spacial score (nSPS) is 17.9. The van der Waals surface area contributed by atoms with Gasteiger partial charge < -0.3 is 15.2 Å². The minimum Gasteiger partial charge on any atom is -0.464 e. The van der Waals surface area contributed by atoms with Crippen molar-refractivity contribution in [2.24, 2.45) is 0 Å². The van der Waals surface area contributed by atoms with Crippen molar-refractivity contribution in [2.45, 2.75) is 44.8 Å². The first-order valence-corrected chi connectivity index (χ1v) is 7.04. The van der Waals surface area contributed by atoms with Crippen LogP contribution in [-0.4, -0.2) is 52.4 Å². The molecule has 1 aliphatic heterocycles. The summed E-state index contributed by atoms with van der Waals surface area (Å²) >= 11 is 0. The molecular formula is C13H22N4O3. The topological polar surface area (TPSA) is 89.3 Å². The maximum Gasteiger partial charge on any atom is 0.360 e. The maximum atomic E-state index is 11.8. The van der Waals surface area contributed by atoms with Crippen LogP contribution in [0.1, 0.15) is 48.3 Å². The van der Waals surface area contributed by atoms with E-state index in [9.17, 15) is 9.90 Å². The fourth-order valence-corrected chi connectivity index (χ4v) is 2.54. The van der Waals surface area contributed by atoms with Crippen molar-refractivity contribution >= 4 is 5.97 Å². The third-order valence-electron chi connectivity index (χ3n) is 3.64. The minimum atomic E-state index is -0.443. The van der Waals surface area contributed by atoms with Gasteiger partial charge in [-0.25, -0.2) is 9.48 Å². The van der Waals surface area contributed by atoms with Crippen molar-refractivity contribution in [3.63, 3.8) is 0 Å². The number of ether oxygens (including phenoxy) is 1. The summed E-state index contributed by atoms with van der Waals surface area (Å²) < 4.78 is 6.53. The predicted molar refractivity (Wildman–Crippen MR) is 72.5 cm³/mol. The fraction of sp³-hybridized carbons (Fsp3) is 0.769. The molecule has 7 heteroatoms. The van der Waals surface area contributed by atoms with Gasteiger partial charge in [-0.05, 0) is 39.3 Å². The first-order chi connectivity index (χ1) is 9.63. The first-order valence-electron chi connectivity index (χ1n) is 7.04. The molecule has 0 amide bonds. The van der Waals surface area contributed by atoms with Gasteiger partial charge in [0.25, 0.3) is 0 Å². The van der Waals surface area contributed by atoms with E-state index < -0.39 is 12.1 Å². The zero-order valence-electron chi connectivity index (χ0n) is 12.0. The van der Waals surface area contributed by atoms with E-state index in [0.29, 0.717) is 18.7 Å². The van der Waals surface area contributed by atoms with Crippen LogP contribution in [0, 0.1) is 0 Å². The number of rotatable bonds is 5. The van der Waals surface area contributed by atoms with Gasteiger partial charge in [0.2, 0.25) is 0 Å². The van der Waals surface area contributed by atoms with E-state index in [-0.39, 0.29) is 5.92 Å². The van der Waals surface area contributed by atoms with Crippen molar-refractivity contribution in [1.82, 2.24) is 20.3 Å². The Balaban J connectivity index is 2.26. The first kappa shape index (κ1) is 14.9. The van der Waals surface area contributed by atoms with Gasteiger partial charge in [0.15, 0.2) is 5.69 Å². The highest BCUT2D eigenvalue weighted by Gasteiger charge is 2.28. The van der Waals surface area contributed by atoms with Crippen LogP contribution >= 0.6 is 0 Å². The zero-order valence-corrected chi connectivity index (χ0v) is 12.0. The second kappa shape index (κ2) is 6.81. The summed E-state index contributed by atoms with van der Waals surface area (Å²) in [5, 5.41) is 20.8. The molecule has 1 aromatic heterocycles. The third kappa shape index (κ3) is 3.34. The number of nitrogens with one attached hydrogen (secondary N) is 1. The summed E-state index contributed by atoms with van der Waals surface area (Å²) in [5.41, 5.74) is 1.16. The van der Waals surface area contributed by atoms with E-state index in [4.69, 9.17) is 4.74 Å². The quantitative estimate of drug-likeness (QED) is 0.755. The summed E-state index contributed by atoms with van der Waals surface area (Å²) in [6, 6.07) is 0. The number of aryl methyl sites for hydroxylation is 1. The van der Waals surface area contributed by atoms with Crippen molar-refractivity contribution < 1.29 is 14.6 Å². The van der Waals surface area contributed by atoms with E-state index in [1.807, 2.05) is 0 Å². The zero-order chi connectivity index (χ0) is 14.5. The van der Waals surface area contributed by atoms with Gasteiger partial charge in [0.05, 0.1) is 18.9 Å². The lowest BCUT2D eigenvalue weighted by Gasteiger charge is -2.23. The second-order valence-corrected chi connectivity index (χ2v) is 5.20. The molecule has 1 aromatic rings. The number of piperidine rings is 1. The Bertz CT molecular complexity index is 452.